The minimum Gasteiger partial charge on any atom is -0.390 e. The number of non-ortho nitro benzene ring substituents is 1. The van der Waals surface area contributed by atoms with E-state index in [1.165, 1.54) is 12.1 Å². The summed E-state index contributed by atoms with van der Waals surface area (Å²) in [5.41, 5.74) is 0.442. The first-order valence-corrected chi connectivity index (χ1v) is 6.96. The summed E-state index contributed by atoms with van der Waals surface area (Å²) in [6.07, 6.45) is 1.97. The van der Waals surface area contributed by atoms with Crippen LogP contribution in [0, 0.1) is 22.1 Å². The summed E-state index contributed by atoms with van der Waals surface area (Å²) < 4.78 is 0. The van der Waals surface area contributed by atoms with Crippen LogP contribution >= 0.6 is 0 Å². The van der Waals surface area contributed by atoms with Crippen molar-refractivity contribution in [3.8, 4) is 0 Å². The first-order chi connectivity index (χ1) is 9.36. The summed E-state index contributed by atoms with van der Waals surface area (Å²) in [4.78, 5) is 12.5. The third-order valence-corrected chi connectivity index (χ3v) is 4.05. The van der Waals surface area contributed by atoms with Gasteiger partial charge in [-0.3, -0.25) is 15.0 Å². The van der Waals surface area contributed by atoms with Gasteiger partial charge in [0.05, 0.1) is 10.5 Å². The molecule has 1 N–H and O–H groups in total. The quantitative estimate of drug-likeness (QED) is 0.678. The van der Waals surface area contributed by atoms with Crippen molar-refractivity contribution in [3.63, 3.8) is 0 Å². The van der Waals surface area contributed by atoms with Crippen molar-refractivity contribution >= 4 is 5.69 Å². The Kier molecular flexibility index (Phi) is 4.40. The highest BCUT2D eigenvalue weighted by Crippen LogP contribution is 2.28. The Morgan fingerprint density at radius 2 is 2.10 bits per heavy atom. The van der Waals surface area contributed by atoms with E-state index in [9.17, 15) is 15.2 Å². The van der Waals surface area contributed by atoms with Crippen molar-refractivity contribution in [3.05, 3.63) is 39.9 Å². The van der Waals surface area contributed by atoms with Crippen LogP contribution in [0.4, 0.5) is 5.69 Å². The van der Waals surface area contributed by atoms with Crippen LogP contribution in [-0.4, -0.2) is 33.6 Å². The lowest BCUT2D eigenvalue weighted by Gasteiger charge is -2.37. The summed E-state index contributed by atoms with van der Waals surface area (Å²) in [5, 5.41) is 20.6. The van der Waals surface area contributed by atoms with Gasteiger partial charge in [0.2, 0.25) is 0 Å². The fourth-order valence-electron chi connectivity index (χ4n) is 2.70. The Hall–Kier alpha value is -1.46. The molecular formula is C15H21N2O3. The van der Waals surface area contributed by atoms with Gasteiger partial charge < -0.3 is 5.11 Å². The lowest BCUT2D eigenvalue weighted by molar-refractivity contribution is -0.384. The van der Waals surface area contributed by atoms with Crippen LogP contribution < -0.4 is 0 Å². The van der Waals surface area contributed by atoms with Gasteiger partial charge in [0.15, 0.2) is 0 Å². The van der Waals surface area contributed by atoms with E-state index in [-0.39, 0.29) is 5.69 Å². The molecule has 1 radical (unpaired) electrons. The van der Waals surface area contributed by atoms with E-state index in [0.717, 1.165) is 38.0 Å². The number of likely N-dealkylation sites (tertiary alicyclic amines) is 1. The summed E-state index contributed by atoms with van der Waals surface area (Å²) in [5.74, 6) is 0.347. The van der Waals surface area contributed by atoms with Gasteiger partial charge >= 0.3 is 0 Å². The number of nitro groups is 1. The van der Waals surface area contributed by atoms with Gasteiger partial charge in [0, 0.05) is 18.7 Å². The number of benzene rings is 1. The van der Waals surface area contributed by atoms with Crippen LogP contribution in [0.15, 0.2) is 18.2 Å². The maximum absolute atomic E-state index is 10.6. The van der Waals surface area contributed by atoms with E-state index < -0.39 is 10.5 Å². The molecule has 1 aromatic rings. The minimum atomic E-state index is -0.606. The molecule has 0 aromatic heterocycles. The number of piperidine rings is 1. The Labute approximate surface area is 119 Å². The second kappa shape index (κ2) is 5.89. The van der Waals surface area contributed by atoms with E-state index in [1.54, 1.807) is 6.07 Å². The predicted octanol–water partition coefficient (Wildman–Crippen LogP) is 2.38. The van der Waals surface area contributed by atoms with E-state index in [2.05, 4.69) is 11.0 Å². The van der Waals surface area contributed by atoms with Gasteiger partial charge in [0.1, 0.15) is 0 Å². The Balaban J connectivity index is 1.88. The van der Waals surface area contributed by atoms with Crippen molar-refractivity contribution in [1.29, 1.82) is 0 Å². The van der Waals surface area contributed by atoms with Gasteiger partial charge in [-0.15, -0.1) is 0 Å². The van der Waals surface area contributed by atoms with Gasteiger partial charge in [-0.25, -0.2) is 0 Å². The number of aliphatic hydroxyl groups is 1. The first kappa shape index (κ1) is 14.9. The standard InChI is InChI=1S/C15H21N2O3/c1-15(2,18)13-7-9-16(10-8-13)11-12-3-5-14(6-4-12)17(19)20/h3,5-6,13,18H,7-11H2,1-2H3. The molecule has 5 nitrogen and oxygen atoms in total. The fraction of sp³-hybridized carbons (Fsp3) is 0.600. The van der Waals surface area contributed by atoms with Crippen molar-refractivity contribution in [2.24, 2.45) is 5.92 Å². The predicted molar refractivity (Wildman–Crippen MR) is 76.2 cm³/mol. The average Bonchev–Trinajstić information content (AvgIpc) is 2.39. The number of hydrogen-bond acceptors (Lipinski definition) is 4. The molecule has 0 amide bonds. The number of nitro benzene ring substituents is 1. The van der Waals surface area contributed by atoms with Crippen LogP contribution in [0.25, 0.3) is 0 Å². The zero-order valence-electron chi connectivity index (χ0n) is 12.0. The lowest BCUT2D eigenvalue weighted by atomic mass is 9.83. The molecule has 20 heavy (non-hydrogen) atoms. The molecule has 1 heterocycles. The SMILES string of the molecule is CC(C)(O)C1CCN(Cc2[c]cc([N+](=O)[O-])cc2)CC1. The minimum absolute atomic E-state index is 0.0782. The third kappa shape index (κ3) is 3.77. The molecule has 0 unspecified atom stereocenters. The fourth-order valence-corrected chi connectivity index (χ4v) is 2.70. The maximum Gasteiger partial charge on any atom is 0.270 e. The van der Waals surface area contributed by atoms with Crippen molar-refractivity contribution < 1.29 is 10.0 Å². The van der Waals surface area contributed by atoms with Gasteiger partial charge in [-0.2, -0.15) is 0 Å². The van der Waals surface area contributed by atoms with Crippen LogP contribution in [0.1, 0.15) is 32.3 Å². The molecule has 1 aliphatic rings. The average molecular weight is 277 g/mol. The monoisotopic (exact) mass is 277 g/mol. The molecule has 0 atom stereocenters. The van der Waals surface area contributed by atoms with Gasteiger partial charge in [-0.1, -0.05) is 6.07 Å². The molecule has 1 fully saturated rings. The molecule has 0 saturated carbocycles. The van der Waals surface area contributed by atoms with Crippen LogP contribution in [0.5, 0.6) is 0 Å². The smallest absolute Gasteiger partial charge is 0.270 e. The molecule has 0 aliphatic carbocycles. The summed E-state index contributed by atoms with van der Waals surface area (Å²) in [7, 11) is 0. The van der Waals surface area contributed by atoms with Crippen LogP contribution in [0.3, 0.4) is 0 Å². The topological polar surface area (TPSA) is 66.6 Å². The summed E-state index contributed by atoms with van der Waals surface area (Å²) in [6, 6.07) is 7.69. The number of nitrogens with zero attached hydrogens (tertiary/aromatic N) is 2. The Bertz CT molecular complexity index is 457. The highest BCUT2D eigenvalue weighted by molar-refractivity contribution is 5.31. The van der Waals surface area contributed by atoms with Crippen molar-refractivity contribution in [1.82, 2.24) is 4.90 Å². The molecule has 1 aromatic carbocycles. The summed E-state index contributed by atoms with van der Waals surface area (Å²) in [6.45, 7) is 6.39. The molecule has 109 valence electrons. The van der Waals surface area contributed by atoms with Crippen molar-refractivity contribution in [2.45, 2.75) is 38.8 Å². The molecule has 1 aliphatic heterocycles. The van der Waals surface area contributed by atoms with E-state index >= 15 is 0 Å². The molecular weight excluding hydrogens is 256 g/mol. The largest absolute Gasteiger partial charge is 0.390 e. The molecule has 0 bridgehead atoms. The third-order valence-electron chi connectivity index (χ3n) is 4.05. The number of rotatable bonds is 4. The molecule has 0 spiro atoms. The van der Waals surface area contributed by atoms with Gasteiger partial charge in [-0.05, 0) is 57.3 Å². The zero-order valence-corrected chi connectivity index (χ0v) is 12.0. The molecule has 1 saturated heterocycles. The molecule has 5 heteroatoms. The molecule has 2 rings (SSSR count). The Morgan fingerprint density at radius 1 is 1.45 bits per heavy atom. The Morgan fingerprint density at radius 3 is 2.55 bits per heavy atom. The van der Waals surface area contributed by atoms with Crippen LogP contribution in [0.2, 0.25) is 0 Å². The highest BCUT2D eigenvalue weighted by atomic mass is 16.6. The van der Waals surface area contributed by atoms with Gasteiger partial charge in [0.25, 0.3) is 5.69 Å². The maximum atomic E-state index is 10.6. The second-order valence-corrected chi connectivity index (χ2v) is 6.03. The van der Waals surface area contributed by atoms with Crippen molar-refractivity contribution in [2.75, 3.05) is 13.1 Å². The van der Waals surface area contributed by atoms with E-state index in [4.69, 9.17) is 0 Å². The first-order valence-electron chi connectivity index (χ1n) is 6.96. The summed E-state index contributed by atoms with van der Waals surface area (Å²) >= 11 is 0. The van der Waals surface area contributed by atoms with E-state index in [0.29, 0.717) is 5.92 Å². The van der Waals surface area contributed by atoms with Crippen LogP contribution in [-0.2, 0) is 6.54 Å². The number of hydrogen-bond donors (Lipinski definition) is 1. The zero-order chi connectivity index (χ0) is 14.8. The second-order valence-electron chi connectivity index (χ2n) is 6.03. The van der Waals surface area contributed by atoms with E-state index in [1.807, 2.05) is 13.8 Å². The lowest BCUT2D eigenvalue weighted by Crippen LogP contribution is -2.41. The highest BCUT2D eigenvalue weighted by Gasteiger charge is 2.30. The normalized spacial score (nSPS) is 18.1.